The molecule has 0 aliphatic carbocycles. The molecule has 6 nitrogen and oxygen atoms in total. The largest absolute Gasteiger partial charge is 0.481 e. The molecule has 2 aromatic rings. The van der Waals surface area contributed by atoms with Crippen molar-refractivity contribution in [3.63, 3.8) is 0 Å². The Hall–Kier alpha value is -1.59. The van der Waals surface area contributed by atoms with Gasteiger partial charge in [0.1, 0.15) is 5.75 Å². The van der Waals surface area contributed by atoms with Gasteiger partial charge in [-0.3, -0.25) is 4.99 Å². The molecule has 28 heavy (non-hydrogen) atoms. The van der Waals surface area contributed by atoms with Gasteiger partial charge in [0.2, 0.25) is 5.88 Å². The van der Waals surface area contributed by atoms with Crippen LogP contribution in [-0.4, -0.2) is 31.7 Å². The average molecular weight is 547 g/mol. The Morgan fingerprint density at radius 3 is 2.57 bits per heavy atom. The number of ether oxygens (including phenoxy) is 2. The van der Waals surface area contributed by atoms with Crippen molar-refractivity contribution in [2.45, 2.75) is 19.7 Å². The van der Waals surface area contributed by atoms with E-state index in [2.05, 4.69) is 25.3 Å². The molecule has 0 unspecified atom stereocenters. The lowest BCUT2D eigenvalue weighted by Crippen LogP contribution is -2.36. The van der Waals surface area contributed by atoms with Crippen molar-refractivity contribution in [1.82, 2.24) is 15.6 Å². The molecule has 0 amide bonds. The lowest BCUT2D eigenvalue weighted by molar-refractivity contribution is -0.0504. The number of hydrogen-bond donors (Lipinski definition) is 2. The summed E-state index contributed by atoms with van der Waals surface area (Å²) in [5.41, 5.74) is 1.30. The topological polar surface area (TPSA) is 67.8 Å². The zero-order valence-corrected chi connectivity index (χ0v) is 18.9. The predicted octanol–water partition coefficient (Wildman–Crippen LogP) is 4.48. The van der Waals surface area contributed by atoms with E-state index in [4.69, 9.17) is 27.9 Å². The van der Waals surface area contributed by atoms with E-state index < -0.39 is 6.61 Å². The first-order valence-corrected chi connectivity index (χ1v) is 8.54. The van der Waals surface area contributed by atoms with Gasteiger partial charge in [-0.2, -0.15) is 8.78 Å². The summed E-state index contributed by atoms with van der Waals surface area (Å²) in [5, 5.41) is 6.42. The minimum atomic E-state index is -3.00. The van der Waals surface area contributed by atoms with Crippen LogP contribution in [0.1, 0.15) is 11.1 Å². The number of guanidine groups is 1. The van der Waals surface area contributed by atoms with Gasteiger partial charge in [0, 0.05) is 43.0 Å². The van der Waals surface area contributed by atoms with E-state index in [0.717, 1.165) is 5.56 Å². The van der Waals surface area contributed by atoms with Crippen LogP contribution in [0.2, 0.25) is 10.0 Å². The summed E-state index contributed by atoms with van der Waals surface area (Å²) in [4.78, 5) is 8.12. The van der Waals surface area contributed by atoms with E-state index in [0.29, 0.717) is 29.0 Å². The third-order valence-corrected chi connectivity index (χ3v) is 3.93. The maximum Gasteiger partial charge on any atom is 0.387 e. The molecule has 2 rings (SSSR count). The van der Waals surface area contributed by atoms with Gasteiger partial charge in [0.15, 0.2) is 5.96 Å². The van der Waals surface area contributed by atoms with E-state index in [1.54, 1.807) is 19.3 Å². The molecule has 0 spiro atoms. The summed E-state index contributed by atoms with van der Waals surface area (Å²) in [6.07, 6.45) is 1.63. The van der Waals surface area contributed by atoms with Crippen LogP contribution in [0.25, 0.3) is 0 Å². The highest BCUT2D eigenvalue weighted by Gasteiger charge is 2.15. The number of aliphatic imine (C=N–C) groups is 1. The Labute approximate surface area is 188 Å². The fraction of sp³-hybridized carbons (Fsp3) is 0.294. The number of alkyl halides is 2. The van der Waals surface area contributed by atoms with Gasteiger partial charge in [-0.15, -0.1) is 24.0 Å². The lowest BCUT2D eigenvalue weighted by atomic mass is 10.2. The molecular formula is C17H19Cl2F2IN4O2. The Morgan fingerprint density at radius 2 is 1.93 bits per heavy atom. The highest BCUT2D eigenvalue weighted by molar-refractivity contribution is 14.0. The van der Waals surface area contributed by atoms with Crippen molar-refractivity contribution in [3.05, 3.63) is 51.6 Å². The predicted molar refractivity (Wildman–Crippen MR) is 116 cm³/mol. The molecule has 0 radical (unpaired) electrons. The minimum absolute atomic E-state index is 0. The van der Waals surface area contributed by atoms with Crippen LogP contribution in [0.15, 0.2) is 35.5 Å². The molecule has 0 saturated heterocycles. The van der Waals surface area contributed by atoms with Gasteiger partial charge in [-0.25, -0.2) is 4.98 Å². The SMILES string of the molecule is CN=C(NCc1ccnc(OC)c1)NCc1cc(Cl)cc(Cl)c1OC(F)F.I. The second-order valence-electron chi connectivity index (χ2n) is 5.24. The van der Waals surface area contributed by atoms with Crippen molar-refractivity contribution >= 4 is 53.1 Å². The highest BCUT2D eigenvalue weighted by Crippen LogP contribution is 2.33. The molecule has 11 heteroatoms. The number of nitrogens with one attached hydrogen (secondary N) is 2. The molecule has 1 heterocycles. The Kier molecular flexibility index (Phi) is 10.5. The average Bonchev–Trinajstić information content (AvgIpc) is 2.64. The van der Waals surface area contributed by atoms with Crippen molar-refractivity contribution in [3.8, 4) is 11.6 Å². The third-order valence-electron chi connectivity index (χ3n) is 3.43. The van der Waals surface area contributed by atoms with Crippen LogP contribution >= 0.6 is 47.2 Å². The van der Waals surface area contributed by atoms with Crippen LogP contribution in [-0.2, 0) is 13.1 Å². The Balaban J connectivity index is 0.00000392. The molecule has 0 aliphatic rings. The molecule has 0 saturated carbocycles. The zero-order chi connectivity index (χ0) is 19.8. The molecule has 1 aromatic carbocycles. The van der Waals surface area contributed by atoms with Crippen molar-refractivity contribution in [2.24, 2.45) is 4.99 Å². The summed E-state index contributed by atoms with van der Waals surface area (Å²) in [6, 6.07) is 6.45. The van der Waals surface area contributed by atoms with Crippen LogP contribution < -0.4 is 20.1 Å². The number of aromatic nitrogens is 1. The zero-order valence-electron chi connectivity index (χ0n) is 15.0. The summed E-state index contributed by atoms with van der Waals surface area (Å²) in [5.74, 6) is 0.822. The van der Waals surface area contributed by atoms with Crippen LogP contribution in [0.5, 0.6) is 11.6 Å². The van der Waals surface area contributed by atoms with Gasteiger partial charge in [0.25, 0.3) is 0 Å². The van der Waals surface area contributed by atoms with Crippen LogP contribution in [0, 0.1) is 0 Å². The number of nitrogens with zero attached hydrogens (tertiary/aromatic N) is 2. The van der Waals surface area contributed by atoms with Gasteiger partial charge in [-0.05, 0) is 23.8 Å². The molecule has 154 valence electrons. The number of pyridine rings is 1. The maximum atomic E-state index is 12.6. The normalized spacial score (nSPS) is 11.0. The number of methoxy groups -OCH3 is 1. The van der Waals surface area contributed by atoms with Gasteiger partial charge >= 0.3 is 6.61 Å². The van der Waals surface area contributed by atoms with Crippen LogP contribution in [0.3, 0.4) is 0 Å². The first-order valence-electron chi connectivity index (χ1n) is 7.79. The molecule has 0 fully saturated rings. The smallest absolute Gasteiger partial charge is 0.387 e. The second-order valence-corrected chi connectivity index (χ2v) is 6.08. The first kappa shape index (κ1) is 24.4. The van der Waals surface area contributed by atoms with E-state index in [1.807, 2.05) is 6.07 Å². The molecule has 0 atom stereocenters. The molecular weight excluding hydrogens is 528 g/mol. The number of benzene rings is 1. The quantitative estimate of drug-likeness (QED) is 0.304. The fourth-order valence-corrected chi connectivity index (χ4v) is 2.80. The lowest BCUT2D eigenvalue weighted by Gasteiger charge is -2.16. The second kappa shape index (κ2) is 12.1. The fourth-order valence-electron chi connectivity index (χ4n) is 2.22. The Bertz CT molecular complexity index is 813. The highest BCUT2D eigenvalue weighted by atomic mass is 127. The molecule has 2 N–H and O–H groups in total. The van der Waals surface area contributed by atoms with Crippen molar-refractivity contribution in [2.75, 3.05) is 14.2 Å². The van der Waals surface area contributed by atoms with Crippen molar-refractivity contribution in [1.29, 1.82) is 0 Å². The molecule has 0 aliphatic heterocycles. The summed E-state index contributed by atoms with van der Waals surface area (Å²) >= 11 is 11.9. The van der Waals surface area contributed by atoms with Gasteiger partial charge in [-0.1, -0.05) is 23.2 Å². The summed E-state index contributed by atoms with van der Waals surface area (Å²) < 4.78 is 34.8. The Morgan fingerprint density at radius 1 is 1.21 bits per heavy atom. The standard InChI is InChI=1S/C17H18Cl2F2N4O2.HI/c1-22-17(24-8-10-3-4-23-14(5-10)26-2)25-9-11-6-12(18)7-13(19)15(11)27-16(20)21;/h3-7,16H,8-9H2,1-2H3,(H2,22,24,25);1H. The van der Waals surface area contributed by atoms with E-state index in [-0.39, 0.29) is 41.3 Å². The van der Waals surface area contributed by atoms with E-state index in [1.165, 1.54) is 19.2 Å². The third kappa shape index (κ3) is 7.44. The first-order chi connectivity index (χ1) is 12.9. The molecule has 1 aromatic heterocycles. The van der Waals surface area contributed by atoms with Gasteiger partial charge < -0.3 is 20.1 Å². The monoisotopic (exact) mass is 546 g/mol. The van der Waals surface area contributed by atoms with Crippen molar-refractivity contribution < 1.29 is 18.3 Å². The van der Waals surface area contributed by atoms with E-state index in [9.17, 15) is 8.78 Å². The summed E-state index contributed by atoms with van der Waals surface area (Å²) in [7, 11) is 3.12. The van der Waals surface area contributed by atoms with Gasteiger partial charge in [0.05, 0.1) is 12.1 Å². The minimum Gasteiger partial charge on any atom is -0.481 e. The van der Waals surface area contributed by atoms with Crippen LogP contribution in [0.4, 0.5) is 8.78 Å². The van der Waals surface area contributed by atoms with E-state index >= 15 is 0 Å². The number of halogens is 5. The summed E-state index contributed by atoms with van der Waals surface area (Å²) in [6.45, 7) is -2.42. The maximum absolute atomic E-state index is 12.6. The molecule has 0 bridgehead atoms. The number of hydrogen-bond acceptors (Lipinski definition) is 4. The number of rotatable bonds is 7.